The van der Waals surface area contributed by atoms with Crippen LogP contribution in [0.3, 0.4) is 0 Å². The molecule has 0 radical (unpaired) electrons. The fraction of sp³-hybridized carbons (Fsp3) is 0.182. The van der Waals surface area contributed by atoms with Gasteiger partial charge in [0.2, 0.25) is 0 Å². The van der Waals surface area contributed by atoms with Gasteiger partial charge in [-0.3, -0.25) is 4.79 Å². The van der Waals surface area contributed by atoms with Gasteiger partial charge < -0.3 is 9.80 Å². The highest BCUT2D eigenvalue weighted by molar-refractivity contribution is 7.14. The molecule has 1 amide bonds. The van der Waals surface area contributed by atoms with Crippen molar-refractivity contribution < 1.29 is 13.6 Å². The zero-order valence-corrected chi connectivity index (χ0v) is 17.1. The van der Waals surface area contributed by atoms with Crippen LogP contribution in [0, 0.1) is 11.6 Å². The lowest BCUT2D eigenvalue weighted by Crippen LogP contribution is -2.49. The SMILES string of the molecule is O=C(c1ccccc1F)N1CCN(c2ncnc3c(-c4ccc(F)cc4)nsc23)CC1. The van der Waals surface area contributed by atoms with Crippen molar-refractivity contribution in [2.24, 2.45) is 0 Å². The van der Waals surface area contributed by atoms with Crippen molar-refractivity contribution in [3.8, 4) is 11.3 Å². The maximum absolute atomic E-state index is 14.0. The summed E-state index contributed by atoms with van der Waals surface area (Å²) in [6, 6.07) is 12.2. The molecule has 0 saturated carbocycles. The molecular formula is C22H17F2N5OS. The Morgan fingerprint density at radius 3 is 2.42 bits per heavy atom. The Kier molecular flexibility index (Phi) is 5.03. The molecule has 1 fully saturated rings. The number of benzene rings is 2. The number of aromatic nitrogens is 3. The largest absolute Gasteiger partial charge is 0.352 e. The van der Waals surface area contributed by atoms with Gasteiger partial charge in [-0.15, -0.1) is 0 Å². The summed E-state index contributed by atoms with van der Waals surface area (Å²) >= 11 is 1.30. The molecule has 3 heterocycles. The molecule has 0 N–H and O–H groups in total. The number of hydrogen-bond acceptors (Lipinski definition) is 6. The second kappa shape index (κ2) is 7.99. The summed E-state index contributed by atoms with van der Waals surface area (Å²) in [6.07, 6.45) is 1.50. The van der Waals surface area contributed by atoms with Gasteiger partial charge in [-0.05, 0) is 47.9 Å². The first kappa shape index (κ1) is 19.5. The van der Waals surface area contributed by atoms with Gasteiger partial charge in [0.1, 0.15) is 33.9 Å². The standard InChI is InChI=1S/C22H17F2N5OS/c23-15-7-5-14(6-8-15)18-19-20(31-27-18)21(26-13-25-19)28-9-11-29(12-10-28)22(30)16-3-1-2-4-17(16)24/h1-8,13H,9-12H2. The summed E-state index contributed by atoms with van der Waals surface area (Å²) in [4.78, 5) is 25.3. The third kappa shape index (κ3) is 3.61. The molecule has 9 heteroatoms. The Morgan fingerprint density at radius 2 is 1.68 bits per heavy atom. The van der Waals surface area contributed by atoms with E-state index in [0.717, 1.165) is 16.1 Å². The minimum atomic E-state index is -0.509. The molecule has 0 bridgehead atoms. The number of nitrogens with zero attached hydrogens (tertiary/aromatic N) is 5. The molecule has 0 unspecified atom stereocenters. The number of carbonyl (C=O) groups is 1. The number of halogens is 2. The smallest absolute Gasteiger partial charge is 0.256 e. The highest BCUT2D eigenvalue weighted by atomic mass is 32.1. The van der Waals surface area contributed by atoms with E-state index in [2.05, 4.69) is 19.2 Å². The van der Waals surface area contributed by atoms with E-state index in [9.17, 15) is 13.6 Å². The van der Waals surface area contributed by atoms with Crippen molar-refractivity contribution in [2.45, 2.75) is 0 Å². The van der Waals surface area contributed by atoms with Gasteiger partial charge in [-0.25, -0.2) is 18.7 Å². The van der Waals surface area contributed by atoms with E-state index in [1.54, 1.807) is 29.2 Å². The quantitative estimate of drug-likeness (QED) is 0.485. The molecule has 2 aromatic heterocycles. The minimum absolute atomic E-state index is 0.0896. The van der Waals surface area contributed by atoms with E-state index in [4.69, 9.17) is 0 Å². The molecule has 1 saturated heterocycles. The lowest BCUT2D eigenvalue weighted by atomic mass is 10.1. The van der Waals surface area contributed by atoms with Crippen molar-refractivity contribution in [3.63, 3.8) is 0 Å². The fourth-order valence-corrected chi connectivity index (χ4v) is 4.57. The van der Waals surface area contributed by atoms with Crippen molar-refractivity contribution in [1.29, 1.82) is 0 Å². The highest BCUT2D eigenvalue weighted by Gasteiger charge is 2.26. The number of amides is 1. The Labute approximate surface area is 180 Å². The van der Waals surface area contributed by atoms with Crippen LogP contribution in [0.4, 0.5) is 14.6 Å². The third-order valence-electron chi connectivity index (χ3n) is 5.33. The summed E-state index contributed by atoms with van der Waals surface area (Å²) < 4.78 is 32.6. The van der Waals surface area contributed by atoms with Gasteiger partial charge in [-0.1, -0.05) is 12.1 Å². The van der Waals surface area contributed by atoms with Crippen molar-refractivity contribution in [2.75, 3.05) is 31.1 Å². The first-order chi connectivity index (χ1) is 15.1. The molecule has 5 rings (SSSR count). The number of anilines is 1. The predicted octanol–water partition coefficient (Wildman–Crippen LogP) is 3.99. The number of rotatable bonds is 3. The van der Waals surface area contributed by atoms with Gasteiger partial charge >= 0.3 is 0 Å². The van der Waals surface area contributed by atoms with E-state index in [0.29, 0.717) is 37.4 Å². The van der Waals surface area contributed by atoms with Crippen LogP contribution < -0.4 is 4.90 Å². The molecule has 0 atom stereocenters. The fourth-order valence-electron chi connectivity index (χ4n) is 3.70. The predicted molar refractivity (Wildman–Crippen MR) is 115 cm³/mol. The molecule has 2 aromatic carbocycles. The van der Waals surface area contributed by atoms with Crippen LogP contribution in [-0.2, 0) is 0 Å². The molecule has 1 aliphatic heterocycles. The molecular weight excluding hydrogens is 420 g/mol. The lowest BCUT2D eigenvalue weighted by molar-refractivity contribution is 0.0742. The first-order valence-corrected chi connectivity index (χ1v) is 10.5. The van der Waals surface area contributed by atoms with Crippen molar-refractivity contribution in [3.05, 3.63) is 72.1 Å². The average molecular weight is 437 g/mol. The topological polar surface area (TPSA) is 62.2 Å². The molecule has 156 valence electrons. The Morgan fingerprint density at radius 1 is 0.935 bits per heavy atom. The van der Waals surface area contributed by atoms with E-state index in [1.807, 2.05) is 0 Å². The van der Waals surface area contributed by atoms with Crippen LogP contribution >= 0.6 is 11.5 Å². The molecule has 4 aromatic rings. The van der Waals surface area contributed by atoms with E-state index >= 15 is 0 Å². The number of carbonyl (C=O) groups excluding carboxylic acids is 1. The number of fused-ring (bicyclic) bond motifs is 1. The van der Waals surface area contributed by atoms with Crippen LogP contribution in [0.25, 0.3) is 21.5 Å². The maximum atomic E-state index is 14.0. The van der Waals surface area contributed by atoms with E-state index in [-0.39, 0.29) is 17.3 Å². The molecule has 31 heavy (non-hydrogen) atoms. The second-order valence-corrected chi connectivity index (χ2v) is 7.95. The monoisotopic (exact) mass is 437 g/mol. The zero-order valence-electron chi connectivity index (χ0n) is 16.3. The van der Waals surface area contributed by atoms with Crippen LogP contribution in [-0.4, -0.2) is 51.3 Å². The first-order valence-electron chi connectivity index (χ1n) is 9.77. The van der Waals surface area contributed by atoms with Crippen LogP contribution in [0.1, 0.15) is 10.4 Å². The van der Waals surface area contributed by atoms with Crippen LogP contribution in [0.15, 0.2) is 54.9 Å². The van der Waals surface area contributed by atoms with E-state index < -0.39 is 5.82 Å². The normalized spacial score (nSPS) is 14.3. The lowest BCUT2D eigenvalue weighted by Gasteiger charge is -2.35. The minimum Gasteiger partial charge on any atom is -0.352 e. The third-order valence-corrected chi connectivity index (χ3v) is 6.16. The summed E-state index contributed by atoms with van der Waals surface area (Å²) in [5.41, 5.74) is 2.29. The van der Waals surface area contributed by atoms with Crippen LogP contribution in [0.2, 0.25) is 0 Å². The average Bonchev–Trinajstić information content (AvgIpc) is 3.24. The van der Waals surface area contributed by atoms with E-state index in [1.165, 1.54) is 42.1 Å². The Balaban J connectivity index is 1.37. The Bertz CT molecular complexity index is 1250. The summed E-state index contributed by atoms with van der Waals surface area (Å²) in [5, 5.41) is 0. The molecule has 0 aliphatic carbocycles. The number of piperazine rings is 1. The van der Waals surface area contributed by atoms with Crippen molar-refractivity contribution >= 4 is 33.5 Å². The van der Waals surface area contributed by atoms with Crippen molar-refractivity contribution in [1.82, 2.24) is 19.2 Å². The highest BCUT2D eigenvalue weighted by Crippen LogP contribution is 2.34. The van der Waals surface area contributed by atoms with Gasteiger partial charge in [0.25, 0.3) is 5.91 Å². The summed E-state index contributed by atoms with van der Waals surface area (Å²) in [5.74, 6) is -0.359. The van der Waals surface area contributed by atoms with Gasteiger partial charge in [-0.2, -0.15) is 4.37 Å². The molecule has 0 spiro atoms. The molecule has 1 aliphatic rings. The van der Waals surface area contributed by atoms with Gasteiger partial charge in [0, 0.05) is 31.7 Å². The zero-order chi connectivity index (χ0) is 21.4. The van der Waals surface area contributed by atoms with Gasteiger partial charge in [0.05, 0.1) is 5.56 Å². The van der Waals surface area contributed by atoms with Gasteiger partial charge in [0.15, 0.2) is 5.82 Å². The number of hydrogen-bond donors (Lipinski definition) is 0. The second-order valence-electron chi connectivity index (χ2n) is 7.17. The summed E-state index contributed by atoms with van der Waals surface area (Å²) in [7, 11) is 0. The molecule has 6 nitrogen and oxygen atoms in total. The maximum Gasteiger partial charge on any atom is 0.256 e. The summed E-state index contributed by atoms with van der Waals surface area (Å²) in [6.45, 7) is 2.05. The Hall–Kier alpha value is -3.46. The van der Waals surface area contributed by atoms with Crippen LogP contribution in [0.5, 0.6) is 0 Å².